The smallest absolute Gasteiger partial charge is 0.214 e. The third-order valence-corrected chi connectivity index (χ3v) is 5.85. The Hall–Kier alpha value is -3.76. The lowest BCUT2D eigenvalue weighted by Gasteiger charge is -2.24. The number of halogens is 1. The van der Waals surface area contributed by atoms with E-state index in [4.69, 9.17) is 4.98 Å². The van der Waals surface area contributed by atoms with Gasteiger partial charge in [0.15, 0.2) is 5.82 Å². The molecule has 0 saturated carbocycles. The number of carbonyl (C=O) groups excluding carboxylic acids is 1. The molecule has 2 N–H and O–H groups in total. The quantitative estimate of drug-likeness (QED) is 0.489. The van der Waals surface area contributed by atoms with Gasteiger partial charge in [0.25, 0.3) is 0 Å². The van der Waals surface area contributed by atoms with Crippen LogP contribution in [0, 0.1) is 23.1 Å². The van der Waals surface area contributed by atoms with Crippen LogP contribution in [0.4, 0.5) is 15.9 Å². The Labute approximate surface area is 193 Å². The van der Waals surface area contributed by atoms with Crippen molar-refractivity contribution in [1.82, 2.24) is 10.3 Å². The Morgan fingerprint density at radius 2 is 2.09 bits per heavy atom. The molecule has 0 bridgehead atoms. The zero-order chi connectivity index (χ0) is 23.0. The molecule has 1 aromatic heterocycles. The fourth-order valence-corrected chi connectivity index (χ4v) is 4.13. The van der Waals surface area contributed by atoms with Gasteiger partial charge >= 0.3 is 0 Å². The Morgan fingerprint density at radius 1 is 1.21 bits per heavy atom. The second kappa shape index (κ2) is 10.7. The fraction of sp³-hybridized carbons (Fsp3) is 0.269. The summed E-state index contributed by atoms with van der Waals surface area (Å²) < 4.78 is 13.5. The topological polar surface area (TPSA) is 81.0 Å². The van der Waals surface area contributed by atoms with Crippen LogP contribution in [-0.2, 0) is 11.2 Å². The monoisotopic (exact) mass is 443 g/mol. The summed E-state index contributed by atoms with van der Waals surface area (Å²) in [5.74, 6) is 0.683. The predicted molar refractivity (Wildman–Crippen MR) is 127 cm³/mol. The van der Waals surface area contributed by atoms with E-state index in [0.717, 1.165) is 37.0 Å². The Balaban J connectivity index is 1.62. The summed E-state index contributed by atoms with van der Waals surface area (Å²) in [6.45, 7) is 2.96. The first-order chi connectivity index (χ1) is 16.2. The fourth-order valence-electron chi connectivity index (χ4n) is 4.13. The van der Waals surface area contributed by atoms with Crippen molar-refractivity contribution >= 4 is 17.9 Å². The number of rotatable bonds is 9. The van der Waals surface area contributed by atoms with Gasteiger partial charge in [-0.1, -0.05) is 30.3 Å². The number of carbonyl (C=O) groups is 1. The molecule has 0 radical (unpaired) electrons. The Kier molecular flexibility index (Phi) is 7.28. The lowest BCUT2D eigenvalue weighted by molar-refractivity contribution is -0.107. The van der Waals surface area contributed by atoms with Crippen molar-refractivity contribution in [2.75, 3.05) is 36.4 Å². The molecule has 0 aliphatic carbocycles. The van der Waals surface area contributed by atoms with Crippen LogP contribution in [0.2, 0.25) is 0 Å². The average Bonchev–Trinajstić information content (AvgIpc) is 3.36. The van der Waals surface area contributed by atoms with E-state index in [1.165, 1.54) is 12.1 Å². The zero-order valence-corrected chi connectivity index (χ0v) is 18.3. The van der Waals surface area contributed by atoms with Gasteiger partial charge in [0, 0.05) is 18.7 Å². The summed E-state index contributed by atoms with van der Waals surface area (Å²) in [5.41, 5.74) is 3.48. The number of aromatic nitrogens is 1. The molecule has 1 amide bonds. The van der Waals surface area contributed by atoms with Crippen molar-refractivity contribution in [3.05, 3.63) is 77.6 Å². The highest BCUT2D eigenvalue weighted by Crippen LogP contribution is 2.30. The second-order valence-electron chi connectivity index (χ2n) is 8.14. The molecule has 6 nitrogen and oxygen atoms in total. The minimum Gasteiger partial charge on any atom is -0.368 e. The number of nitriles is 1. The molecule has 2 heterocycles. The van der Waals surface area contributed by atoms with Gasteiger partial charge in [0.1, 0.15) is 5.82 Å². The van der Waals surface area contributed by atoms with Crippen LogP contribution in [0.25, 0.3) is 11.3 Å². The van der Waals surface area contributed by atoms with E-state index in [2.05, 4.69) is 16.7 Å². The van der Waals surface area contributed by atoms with Crippen molar-refractivity contribution in [1.29, 1.82) is 5.26 Å². The number of hydrogen-bond donors (Lipinski definition) is 2. The summed E-state index contributed by atoms with van der Waals surface area (Å²) in [7, 11) is 0. The lowest BCUT2D eigenvalue weighted by atomic mass is 10.0. The number of amides is 1. The highest BCUT2D eigenvalue weighted by molar-refractivity contribution is 5.83. The number of hydrogen-bond acceptors (Lipinski definition) is 5. The molecule has 1 fully saturated rings. The van der Waals surface area contributed by atoms with Crippen LogP contribution >= 0.6 is 0 Å². The first-order valence-electron chi connectivity index (χ1n) is 11.1. The lowest BCUT2D eigenvalue weighted by Crippen LogP contribution is -2.30. The summed E-state index contributed by atoms with van der Waals surface area (Å²) in [5, 5.41) is 16.2. The van der Waals surface area contributed by atoms with E-state index in [9.17, 15) is 14.4 Å². The first-order valence-corrected chi connectivity index (χ1v) is 11.1. The van der Waals surface area contributed by atoms with Gasteiger partial charge in [0.2, 0.25) is 6.41 Å². The largest absolute Gasteiger partial charge is 0.368 e. The molecular formula is C26H26FN5O. The molecule has 1 aliphatic rings. The van der Waals surface area contributed by atoms with E-state index in [-0.39, 0.29) is 5.82 Å². The molecule has 168 valence electrons. The summed E-state index contributed by atoms with van der Waals surface area (Å²) >= 11 is 0. The average molecular weight is 444 g/mol. The molecule has 2 aromatic carbocycles. The van der Waals surface area contributed by atoms with Crippen molar-refractivity contribution < 1.29 is 9.18 Å². The van der Waals surface area contributed by atoms with Crippen molar-refractivity contribution in [2.24, 2.45) is 5.92 Å². The molecule has 33 heavy (non-hydrogen) atoms. The van der Waals surface area contributed by atoms with E-state index in [0.29, 0.717) is 48.2 Å². The van der Waals surface area contributed by atoms with Crippen molar-refractivity contribution in [2.45, 2.75) is 12.8 Å². The van der Waals surface area contributed by atoms with E-state index in [1.54, 1.807) is 17.0 Å². The van der Waals surface area contributed by atoms with Gasteiger partial charge in [0.05, 0.1) is 23.0 Å². The normalized spacial score (nSPS) is 15.1. The highest BCUT2D eigenvalue weighted by atomic mass is 19.1. The van der Waals surface area contributed by atoms with Crippen LogP contribution in [0.3, 0.4) is 0 Å². The minimum absolute atomic E-state index is 0.265. The molecule has 4 rings (SSSR count). The summed E-state index contributed by atoms with van der Waals surface area (Å²) in [6.07, 6.45) is 2.47. The molecule has 7 heteroatoms. The van der Waals surface area contributed by atoms with Crippen LogP contribution < -0.4 is 15.5 Å². The van der Waals surface area contributed by atoms with Gasteiger partial charge in [-0.25, -0.2) is 9.37 Å². The second-order valence-corrected chi connectivity index (χ2v) is 8.14. The number of nitrogens with one attached hydrogen (secondary N) is 2. The van der Waals surface area contributed by atoms with Gasteiger partial charge in [-0.15, -0.1) is 0 Å². The molecule has 1 unspecified atom stereocenters. The van der Waals surface area contributed by atoms with E-state index in [1.807, 2.05) is 36.4 Å². The standard InChI is InChI=1S/C26H26FN5O/c27-22-6-3-4-19(14-22)11-13-30-26-25(32(18-33)17-20-10-12-29-16-20)9-8-24(31-26)23-7-2-1-5-21(23)15-28/h1-9,14,18,20,29H,10-13,16-17H2,(H,30,31). The molecule has 1 aliphatic heterocycles. The van der Waals surface area contributed by atoms with Crippen LogP contribution in [0.1, 0.15) is 17.5 Å². The molecule has 1 atom stereocenters. The number of nitrogens with zero attached hydrogens (tertiary/aromatic N) is 3. The Morgan fingerprint density at radius 3 is 2.85 bits per heavy atom. The maximum Gasteiger partial charge on any atom is 0.214 e. The summed E-state index contributed by atoms with van der Waals surface area (Å²) in [4.78, 5) is 18.5. The SMILES string of the molecule is N#Cc1ccccc1-c1ccc(N(C=O)CC2CCNC2)c(NCCc2cccc(F)c2)n1. The van der Waals surface area contributed by atoms with Gasteiger partial charge in [-0.05, 0) is 67.7 Å². The van der Waals surface area contributed by atoms with Gasteiger partial charge in [-0.3, -0.25) is 4.79 Å². The number of anilines is 2. The van der Waals surface area contributed by atoms with Crippen LogP contribution in [-0.4, -0.2) is 37.6 Å². The summed E-state index contributed by atoms with van der Waals surface area (Å²) in [6, 6.07) is 19.7. The number of pyridine rings is 1. The van der Waals surface area contributed by atoms with Crippen LogP contribution in [0.15, 0.2) is 60.7 Å². The van der Waals surface area contributed by atoms with Crippen molar-refractivity contribution in [3.63, 3.8) is 0 Å². The first kappa shape index (κ1) is 22.4. The third kappa shape index (κ3) is 5.54. The predicted octanol–water partition coefficient (Wildman–Crippen LogP) is 3.99. The van der Waals surface area contributed by atoms with Crippen molar-refractivity contribution in [3.8, 4) is 17.3 Å². The number of benzene rings is 2. The Bertz CT molecular complexity index is 1150. The van der Waals surface area contributed by atoms with Gasteiger partial charge in [-0.2, -0.15) is 5.26 Å². The van der Waals surface area contributed by atoms with Crippen LogP contribution in [0.5, 0.6) is 0 Å². The minimum atomic E-state index is -0.265. The molecular weight excluding hydrogens is 417 g/mol. The highest BCUT2D eigenvalue weighted by Gasteiger charge is 2.21. The third-order valence-electron chi connectivity index (χ3n) is 5.85. The van der Waals surface area contributed by atoms with Gasteiger partial charge < -0.3 is 15.5 Å². The molecule has 1 saturated heterocycles. The zero-order valence-electron chi connectivity index (χ0n) is 18.3. The maximum absolute atomic E-state index is 13.5. The van der Waals surface area contributed by atoms with E-state index < -0.39 is 0 Å². The molecule has 3 aromatic rings. The van der Waals surface area contributed by atoms with E-state index >= 15 is 0 Å². The molecule has 0 spiro atoms. The maximum atomic E-state index is 13.5.